The van der Waals surface area contributed by atoms with Gasteiger partial charge in [-0.15, -0.1) is 0 Å². The van der Waals surface area contributed by atoms with Crippen LogP contribution in [0, 0.1) is 27.6 Å². The molecule has 58 heavy (non-hydrogen) atoms. The van der Waals surface area contributed by atoms with E-state index in [1.165, 1.54) is 20.8 Å². The van der Waals surface area contributed by atoms with Gasteiger partial charge in [-0.2, -0.15) is 0 Å². The average molecular weight is 934 g/mol. The van der Waals surface area contributed by atoms with Gasteiger partial charge in [0.25, 0.3) is 19.3 Å². The molecule has 0 amide bonds. The first-order valence-corrected chi connectivity index (χ1v) is 20.6. The quantitative estimate of drug-likeness (QED) is 0.0297. The molecule has 5 unspecified atom stereocenters. The van der Waals surface area contributed by atoms with Crippen molar-refractivity contribution in [1.82, 2.24) is 0 Å². The number of ether oxygens (including phenoxy) is 3. The number of hydrogen-bond donors (Lipinski definition) is 1. The van der Waals surface area contributed by atoms with Crippen molar-refractivity contribution in [3.05, 3.63) is 0 Å². The topological polar surface area (TPSA) is 197 Å². The molecule has 0 bridgehead atoms. The zero-order valence-corrected chi connectivity index (χ0v) is 38.9. The van der Waals surface area contributed by atoms with E-state index in [0.717, 1.165) is 20.3 Å². The first kappa shape index (κ1) is 73.9. The number of aldehydes is 1. The molecule has 0 spiro atoms. The van der Waals surface area contributed by atoms with Crippen molar-refractivity contribution in [2.24, 2.45) is 27.6 Å². The van der Waals surface area contributed by atoms with Crippen LogP contribution in [0.25, 0.3) is 0 Å². The Balaban J connectivity index is -0.0000000871. The molecule has 0 heterocycles. The molecule has 12 nitrogen and oxygen atoms in total. The fourth-order valence-electron chi connectivity index (χ4n) is 2.48. The summed E-state index contributed by atoms with van der Waals surface area (Å²) in [4.78, 5) is 64.0. The number of hydrogen-bond acceptors (Lipinski definition) is 11. The number of carbonyl (C=O) groups is 6. The first-order valence-electron chi connectivity index (χ1n) is 17.4. The number of rotatable bonds is 17. The summed E-state index contributed by atoms with van der Waals surface area (Å²) >= 11 is 4.96. The number of carboxylic acids is 1. The molecule has 344 valence electrons. The molecule has 0 aromatic carbocycles. The van der Waals surface area contributed by atoms with Crippen LogP contribution in [0.2, 0.25) is 0 Å². The zero-order valence-electron chi connectivity index (χ0n) is 35.8. The third-order valence-electron chi connectivity index (χ3n) is 8.37. The van der Waals surface area contributed by atoms with Gasteiger partial charge >= 0.3 is 42.7 Å². The van der Waals surface area contributed by atoms with Crippen molar-refractivity contribution in [3.8, 4) is 0 Å². The molecule has 0 aliphatic carbocycles. The fraction of sp³-hybridized carbons (Fsp3) is 0.829. The van der Waals surface area contributed by atoms with E-state index in [-0.39, 0.29) is 62.1 Å². The standard InChI is InChI=1S/C8H14F2O2.C8H14O3.C7H14O2.C6H9ClF2O.C6H10F2O2.Cl2OS.Li.H2O/c1-4-8(3,6(9)10)7(11)12-5-2;1-4-8(3,6-9)7(10)11-5-2;1-4-6(3)7(8)9-5-2;1-3-6(2,4(7)10)5(8)9;1-3-6(2,4(7)8)5(9)10;1-4(2)3;;/h6H,4-5H2,1-3H3;6H,4-5H2,1-3H3;6H,4-5H2,1-3H3;5H,3H2,1-2H3;4H,3H2,1-2H3,(H,9,10);;;1H2/q;;;;;;+1;/p-1. The van der Waals surface area contributed by atoms with Gasteiger partial charge in [0, 0.05) is 21.4 Å². The average Bonchev–Trinajstić information content (AvgIpc) is 3.13. The van der Waals surface area contributed by atoms with Crippen LogP contribution in [0.4, 0.5) is 26.3 Å². The minimum Gasteiger partial charge on any atom is -0.870 e. The molecule has 0 aromatic rings. The molecular formula is C35H62Cl3F6LiO12S. The summed E-state index contributed by atoms with van der Waals surface area (Å²) in [5, 5.41) is 7.36. The van der Waals surface area contributed by atoms with Crippen LogP contribution in [-0.2, 0) is 52.2 Å². The summed E-state index contributed by atoms with van der Waals surface area (Å²) in [7, 11) is 7.36. The maximum atomic E-state index is 12.4. The molecule has 23 heteroatoms. The number of halogens is 9. The first-order chi connectivity index (χ1) is 25.4. The molecule has 0 aromatic heterocycles. The summed E-state index contributed by atoms with van der Waals surface area (Å²) in [6, 6.07) is 0. The van der Waals surface area contributed by atoms with Crippen LogP contribution >= 0.6 is 33.0 Å². The van der Waals surface area contributed by atoms with Gasteiger partial charge in [0.2, 0.25) is 14.5 Å². The normalized spacial score (nSPS) is 14.6. The largest absolute Gasteiger partial charge is 1.00 e. The van der Waals surface area contributed by atoms with Crippen molar-refractivity contribution in [2.75, 3.05) is 19.8 Å². The van der Waals surface area contributed by atoms with E-state index >= 15 is 0 Å². The van der Waals surface area contributed by atoms with E-state index < -0.39 is 73.3 Å². The van der Waals surface area contributed by atoms with Gasteiger partial charge in [-0.25, -0.2) is 30.6 Å². The maximum Gasteiger partial charge on any atom is 1.00 e. The van der Waals surface area contributed by atoms with E-state index in [9.17, 15) is 55.1 Å². The van der Waals surface area contributed by atoms with E-state index in [0.29, 0.717) is 25.9 Å². The number of aliphatic carboxylic acids is 1. The Labute approximate surface area is 367 Å². The second kappa shape index (κ2) is 39.5. The smallest absolute Gasteiger partial charge is 0.870 e. The van der Waals surface area contributed by atoms with Gasteiger partial charge in [-0.1, -0.05) is 41.5 Å². The van der Waals surface area contributed by atoms with Gasteiger partial charge in [-0.3, -0.25) is 24.0 Å². The Bertz CT molecular complexity index is 1130. The number of carbonyl (C=O) groups excluding carboxylic acids is 5. The van der Waals surface area contributed by atoms with Crippen LogP contribution in [-0.4, -0.2) is 89.3 Å². The van der Waals surface area contributed by atoms with E-state index in [1.807, 2.05) is 20.8 Å². The van der Waals surface area contributed by atoms with Crippen molar-refractivity contribution in [1.29, 1.82) is 0 Å². The van der Waals surface area contributed by atoms with Gasteiger partial charge in [0.15, 0.2) is 0 Å². The van der Waals surface area contributed by atoms with Crippen LogP contribution < -0.4 is 18.9 Å². The van der Waals surface area contributed by atoms with Gasteiger partial charge in [0.1, 0.15) is 27.9 Å². The Morgan fingerprint density at radius 3 is 1.12 bits per heavy atom. The second-order valence-electron chi connectivity index (χ2n) is 12.4. The molecule has 0 aliphatic heterocycles. The Morgan fingerprint density at radius 2 is 0.966 bits per heavy atom. The molecule has 2 N–H and O–H groups in total. The molecule has 0 saturated carbocycles. The molecule has 5 atom stereocenters. The number of esters is 3. The molecule has 0 aliphatic rings. The van der Waals surface area contributed by atoms with Crippen LogP contribution in [0.5, 0.6) is 0 Å². The van der Waals surface area contributed by atoms with Crippen molar-refractivity contribution in [3.63, 3.8) is 0 Å². The van der Waals surface area contributed by atoms with Crippen molar-refractivity contribution in [2.45, 2.75) is 141 Å². The summed E-state index contributed by atoms with van der Waals surface area (Å²) in [5.41, 5.74) is -6.13. The number of carboxylic acid groups (broad SMARTS) is 1. The molecule has 0 fully saturated rings. The SMILES string of the molecule is CCC(C)(C(=O)Cl)C(F)F.CCC(C)(C(=O)O)C(F)F.CCOC(=O)C(C)(C=O)CC.CCOC(=O)C(C)(CC)C(F)F.CCOC(=O)C(C)CC.O=S(Cl)Cl.[Li+].[OH-]. The predicted octanol–water partition coefficient (Wildman–Crippen LogP) is 7.05. The molecule has 0 rings (SSSR count). The summed E-state index contributed by atoms with van der Waals surface area (Å²) in [5.74, 6) is -2.71. The summed E-state index contributed by atoms with van der Waals surface area (Å²) in [6.45, 7) is 21.2. The minimum absolute atomic E-state index is 0. The number of alkyl halides is 6. The monoisotopic (exact) mass is 932 g/mol. The fourth-order valence-corrected chi connectivity index (χ4v) is 2.70. The van der Waals surface area contributed by atoms with Crippen molar-refractivity contribution < 1.29 is 103 Å². The summed E-state index contributed by atoms with van der Waals surface area (Å²) in [6.07, 6.45) is -6.06. The van der Waals surface area contributed by atoms with E-state index in [2.05, 4.69) is 26.1 Å². The summed E-state index contributed by atoms with van der Waals surface area (Å²) < 4.78 is 95.8. The Kier molecular flexibility index (Phi) is 50.3. The third-order valence-corrected chi connectivity index (χ3v) is 8.80. The van der Waals surface area contributed by atoms with E-state index in [4.69, 9.17) is 30.4 Å². The third kappa shape index (κ3) is 31.3. The second-order valence-corrected chi connectivity index (χ2v) is 15.2. The van der Waals surface area contributed by atoms with Gasteiger partial charge in [-0.05, 0) is 92.2 Å². The van der Waals surface area contributed by atoms with Crippen LogP contribution in [0.1, 0.15) is 122 Å². The Morgan fingerprint density at radius 1 is 0.655 bits per heavy atom. The zero-order chi connectivity index (χ0) is 46.3. The minimum atomic E-state index is -2.80. The van der Waals surface area contributed by atoms with Crippen LogP contribution in [0.3, 0.4) is 0 Å². The maximum absolute atomic E-state index is 12.4. The molecule has 0 saturated heterocycles. The molecular weight excluding hydrogens is 872 g/mol. The Hall–Kier alpha value is -1.62. The van der Waals surface area contributed by atoms with Gasteiger partial charge in [0.05, 0.1) is 25.7 Å². The predicted molar refractivity (Wildman–Crippen MR) is 207 cm³/mol. The van der Waals surface area contributed by atoms with Crippen LogP contribution in [0.15, 0.2) is 0 Å². The van der Waals surface area contributed by atoms with Crippen molar-refractivity contribution >= 4 is 77.6 Å². The van der Waals surface area contributed by atoms with E-state index in [1.54, 1.807) is 34.6 Å². The van der Waals surface area contributed by atoms with Gasteiger partial charge < -0.3 is 29.6 Å². The molecule has 0 radical (unpaired) electrons.